The fourth-order valence-corrected chi connectivity index (χ4v) is 2.37. The molecule has 1 saturated carbocycles. The predicted molar refractivity (Wildman–Crippen MR) is 76.2 cm³/mol. The summed E-state index contributed by atoms with van der Waals surface area (Å²) in [6, 6.07) is 6.82. The Morgan fingerprint density at radius 1 is 1.30 bits per heavy atom. The summed E-state index contributed by atoms with van der Waals surface area (Å²) < 4.78 is 6.00. The molecule has 1 aliphatic rings. The van der Waals surface area contributed by atoms with Crippen molar-refractivity contribution in [1.82, 2.24) is 5.32 Å². The molecule has 0 aromatic heterocycles. The molecule has 1 amide bonds. The first-order valence-corrected chi connectivity index (χ1v) is 7.27. The van der Waals surface area contributed by atoms with Gasteiger partial charge < -0.3 is 15.2 Å². The van der Waals surface area contributed by atoms with Crippen LogP contribution in [-0.2, 0) is 9.53 Å². The van der Waals surface area contributed by atoms with Crippen LogP contribution in [0.25, 0.3) is 0 Å². The van der Waals surface area contributed by atoms with E-state index in [1.165, 1.54) is 0 Å². The third kappa shape index (κ3) is 4.05. The fourth-order valence-electron chi connectivity index (χ4n) is 2.11. The number of benzene rings is 1. The highest BCUT2D eigenvalue weighted by molar-refractivity contribution is 9.10. The molecule has 0 spiro atoms. The van der Waals surface area contributed by atoms with Crippen LogP contribution in [0.4, 0.5) is 0 Å². The van der Waals surface area contributed by atoms with Gasteiger partial charge in [0.15, 0.2) is 0 Å². The molecule has 5 nitrogen and oxygen atoms in total. The zero-order valence-corrected chi connectivity index (χ0v) is 12.4. The molecule has 2 atom stereocenters. The molecule has 2 unspecified atom stereocenters. The smallest absolute Gasteiger partial charge is 0.325 e. The van der Waals surface area contributed by atoms with Gasteiger partial charge in [-0.05, 0) is 43.5 Å². The summed E-state index contributed by atoms with van der Waals surface area (Å²) in [6.45, 7) is -0.196. The van der Waals surface area contributed by atoms with Crippen molar-refractivity contribution in [2.24, 2.45) is 0 Å². The Morgan fingerprint density at radius 2 is 2.00 bits per heavy atom. The van der Waals surface area contributed by atoms with E-state index in [1.54, 1.807) is 24.3 Å². The number of aliphatic hydroxyl groups excluding tert-OH is 1. The van der Waals surface area contributed by atoms with Crippen molar-refractivity contribution in [2.45, 2.75) is 31.5 Å². The number of nitrogens with one attached hydrogen (secondary N) is 1. The highest BCUT2D eigenvalue weighted by Crippen LogP contribution is 2.21. The molecular formula is C14H16BrNO4. The molecule has 2 N–H and O–H groups in total. The lowest BCUT2D eigenvalue weighted by Gasteiger charge is -2.15. The van der Waals surface area contributed by atoms with Gasteiger partial charge in [-0.1, -0.05) is 15.9 Å². The summed E-state index contributed by atoms with van der Waals surface area (Å²) in [5.41, 5.74) is 0.474. The molecule has 0 bridgehead atoms. The van der Waals surface area contributed by atoms with Gasteiger partial charge in [-0.3, -0.25) is 9.59 Å². The largest absolute Gasteiger partial charge is 0.458 e. The Labute approximate surface area is 125 Å². The van der Waals surface area contributed by atoms with Gasteiger partial charge in [0, 0.05) is 10.0 Å². The normalized spacial score (nSPS) is 21.5. The van der Waals surface area contributed by atoms with Gasteiger partial charge in [0.2, 0.25) is 0 Å². The fraction of sp³-hybridized carbons (Fsp3) is 0.429. The van der Waals surface area contributed by atoms with E-state index in [-0.39, 0.29) is 12.5 Å². The third-order valence-corrected chi connectivity index (χ3v) is 3.73. The van der Waals surface area contributed by atoms with E-state index in [0.29, 0.717) is 18.4 Å². The Bertz CT molecular complexity index is 488. The van der Waals surface area contributed by atoms with E-state index in [2.05, 4.69) is 21.2 Å². The minimum absolute atomic E-state index is 0.196. The minimum Gasteiger partial charge on any atom is -0.458 e. The van der Waals surface area contributed by atoms with E-state index in [4.69, 9.17) is 4.74 Å². The Morgan fingerprint density at radius 3 is 2.60 bits per heavy atom. The highest BCUT2D eigenvalue weighted by Gasteiger charge is 2.28. The van der Waals surface area contributed by atoms with Crippen molar-refractivity contribution in [1.29, 1.82) is 0 Å². The number of esters is 1. The first-order valence-electron chi connectivity index (χ1n) is 6.47. The number of amides is 1. The van der Waals surface area contributed by atoms with Crippen LogP contribution in [0.3, 0.4) is 0 Å². The lowest BCUT2D eigenvalue weighted by molar-refractivity contribution is -0.151. The molecule has 2 rings (SSSR count). The number of carbonyl (C=O) groups is 2. The van der Waals surface area contributed by atoms with E-state index in [0.717, 1.165) is 10.9 Å². The van der Waals surface area contributed by atoms with Crippen LogP contribution >= 0.6 is 15.9 Å². The summed E-state index contributed by atoms with van der Waals surface area (Å²) in [5.74, 6) is -0.858. The van der Waals surface area contributed by atoms with Crippen LogP contribution in [0.1, 0.15) is 29.6 Å². The van der Waals surface area contributed by atoms with Gasteiger partial charge in [-0.15, -0.1) is 0 Å². The summed E-state index contributed by atoms with van der Waals surface area (Å²) in [4.78, 5) is 23.4. The van der Waals surface area contributed by atoms with Crippen molar-refractivity contribution in [3.63, 3.8) is 0 Å². The molecule has 0 saturated heterocycles. The zero-order chi connectivity index (χ0) is 14.5. The summed E-state index contributed by atoms with van der Waals surface area (Å²) in [5, 5.41) is 12.0. The van der Waals surface area contributed by atoms with Crippen LogP contribution in [0.2, 0.25) is 0 Å². The molecule has 0 aliphatic heterocycles. The first kappa shape index (κ1) is 15.0. The number of rotatable bonds is 4. The molecule has 1 aromatic rings. The summed E-state index contributed by atoms with van der Waals surface area (Å²) in [6.07, 6.45) is 1.16. The van der Waals surface area contributed by atoms with Crippen molar-refractivity contribution >= 4 is 27.8 Å². The van der Waals surface area contributed by atoms with E-state index >= 15 is 0 Å². The second kappa shape index (κ2) is 6.85. The van der Waals surface area contributed by atoms with Crippen LogP contribution in [-0.4, -0.2) is 35.7 Å². The summed E-state index contributed by atoms with van der Waals surface area (Å²) in [7, 11) is 0. The maximum atomic E-state index is 11.8. The highest BCUT2D eigenvalue weighted by atomic mass is 79.9. The van der Waals surface area contributed by atoms with Gasteiger partial charge in [0.1, 0.15) is 12.6 Å². The number of ether oxygens (including phenoxy) is 1. The minimum atomic E-state index is -0.582. The molecule has 6 heteroatoms. The number of hydrogen-bond donors (Lipinski definition) is 2. The van der Waals surface area contributed by atoms with Gasteiger partial charge in [0.05, 0.1) is 6.10 Å². The molecule has 0 heterocycles. The quantitative estimate of drug-likeness (QED) is 0.816. The second-order valence-electron chi connectivity index (χ2n) is 4.72. The van der Waals surface area contributed by atoms with Crippen molar-refractivity contribution in [3.8, 4) is 0 Å². The Balaban J connectivity index is 1.78. The van der Waals surface area contributed by atoms with Crippen LogP contribution in [0, 0.1) is 0 Å². The van der Waals surface area contributed by atoms with Gasteiger partial charge in [-0.2, -0.15) is 0 Å². The maximum Gasteiger partial charge on any atom is 0.325 e. The van der Waals surface area contributed by atoms with Crippen molar-refractivity contribution in [3.05, 3.63) is 34.3 Å². The SMILES string of the molecule is O=C(CNC(=O)c1ccc(Br)cc1)OC1CCCC1O. The van der Waals surface area contributed by atoms with E-state index in [9.17, 15) is 14.7 Å². The Kier molecular flexibility index (Phi) is 5.14. The first-order chi connectivity index (χ1) is 9.56. The maximum absolute atomic E-state index is 11.8. The average Bonchev–Trinajstić information content (AvgIpc) is 2.82. The van der Waals surface area contributed by atoms with Gasteiger partial charge in [0.25, 0.3) is 5.91 Å². The van der Waals surface area contributed by atoms with Crippen LogP contribution in [0.5, 0.6) is 0 Å². The van der Waals surface area contributed by atoms with E-state index in [1.807, 2.05) is 0 Å². The molecule has 0 radical (unpaired) electrons. The Hall–Kier alpha value is -1.40. The van der Waals surface area contributed by atoms with E-state index < -0.39 is 18.2 Å². The molecule has 1 aromatic carbocycles. The monoisotopic (exact) mass is 341 g/mol. The third-order valence-electron chi connectivity index (χ3n) is 3.20. The molecule has 108 valence electrons. The standard InChI is InChI=1S/C14H16BrNO4/c15-10-6-4-9(5-7-10)14(19)16-8-13(18)20-12-3-1-2-11(12)17/h4-7,11-12,17H,1-3,8H2,(H,16,19). The predicted octanol–water partition coefficient (Wildman–Crippen LogP) is 1.64. The lowest BCUT2D eigenvalue weighted by atomic mass is 10.2. The van der Waals surface area contributed by atoms with Crippen molar-refractivity contribution < 1.29 is 19.4 Å². The lowest BCUT2D eigenvalue weighted by Crippen LogP contribution is -2.34. The topological polar surface area (TPSA) is 75.6 Å². The molecule has 20 heavy (non-hydrogen) atoms. The van der Waals surface area contributed by atoms with Gasteiger partial charge in [-0.25, -0.2) is 0 Å². The number of halogens is 1. The zero-order valence-electron chi connectivity index (χ0n) is 10.8. The van der Waals surface area contributed by atoms with Crippen LogP contribution in [0.15, 0.2) is 28.7 Å². The number of aliphatic hydroxyl groups is 1. The molecule has 1 fully saturated rings. The average molecular weight is 342 g/mol. The van der Waals surface area contributed by atoms with Crippen molar-refractivity contribution in [2.75, 3.05) is 6.54 Å². The molecular weight excluding hydrogens is 326 g/mol. The van der Waals surface area contributed by atoms with Crippen LogP contribution < -0.4 is 5.32 Å². The number of carbonyl (C=O) groups excluding carboxylic acids is 2. The van der Waals surface area contributed by atoms with Gasteiger partial charge >= 0.3 is 5.97 Å². The molecule has 1 aliphatic carbocycles. The number of hydrogen-bond acceptors (Lipinski definition) is 4. The summed E-state index contributed by atoms with van der Waals surface area (Å²) >= 11 is 3.28. The second-order valence-corrected chi connectivity index (χ2v) is 5.63.